The number of para-hydroxylation sites is 4. The van der Waals surface area contributed by atoms with Crippen LogP contribution < -0.4 is 14.7 Å². The standard InChI is InChI=1S/C54H51N3O/c1-52(2,3)34-24-28-37(29-25-34)55-43-30-26-35(53(4,5)6)32-47(43)57-48-33-36(54(7,8)9)27-31-44(48)56(46-22-15-21-45(55)50(46)57)42-20-12-10-16-38(42)40-18-14-19-41-39-17-11-13-23-49(39)58-51(40)41/h10-33H,1-9H3. The van der Waals surface area contributed by atoms with E-state index in [1.165, 1.54) is 33.8 Å². The number of benzene rings is 7. The number of fused-ring (bicyclic) bond motifs is 7. The summed E-state index contributed by atoms with van der Waals surface area (Å²) in [6, 6.07) is 53.9. The summed E-state index contributed by atoms with van der Waals surface area (Å²) in [4.78, 5) is 7.52. The minimum absolute atomic E-state index is 0.0392. The predicted octanol–water partition coefficient (Wildman–Crippen LogP) is 16.2. The maximum absolute atomic E-state index is 6.67. The molecule has 3 heterocycles. The van der Waals surface area contributed by atoms with Crippen LogP contribution in [0, 0.1) is 0 Å². The number of anilines is 9. The number of nitrogens with zero attached hydrogens (tertiary/aromatic N) is 3. The maximum atomic E-state index is 6.67. The molecule has 0 aliphatic carbocycles. The Morgan fingerprint density at radius 3 is 1.52 bits per heavy atom. The first kappa shape index (κ1) is 36.1. The molecule has 2 aliphatic rings. The van der Waals surface area contributed by atoms with Crippen molar-refractivity contribution in [2.45, 2.75) is 78.6 Å². The molecule has 0 radical (unpaired) electrons. The molecule has 0 spiro atoms. The third-order valence-corrected chi connectivity index (χ3v) is 12.2. The molecule has 0 atom stereocenters. The molecule has 4 heteroatoms. The number of hydrogen-bond acceptors (Lipinski definition) is 4. The van der Waals surface area contributed by atoms with Crippen molar-refractivity contribution in [1.29, 1.82) is 0 Å². The Balaban J connectivity index is 1.27. The minimum atomic E-state index is -0.0544. The van der Waals surface area contributed by atoms with Crippen molar-refractivity contribution >= 4 is 73.1 Å². The number of rotatable bonds is 3. The Kier molecular flexibility index (Phi) is 7.86. The zero-order chi connectivity index (χ0) is 40.3. The highest BCUT2D eigenvalue weighted by atomic mass is 16.3. The topological polar surface area (TPSA) is 22.9 Å². The fourth-order valence-electron chi connectivity index (χ4n) is 8.96. The summed E-state index contributed by atoms with van der Waals surface area (Å²) in [6.45, 7) is 20.7. The summed E-state index contributed by atoms with van der Waals surface area (Å²) in [5.41, 5.74) is 18.2. The van der Waals surface area contributed by atoms with E-state index < -0.39 is 0 Å². The van der Waals surface area contributed by atoms with Crippen LogP contribution in [-0.4, -0.2) is 0 Å². The highest BCUT2D eigenvalue weighted by Gasteiger charge is 2.41. The van der Waals surface area contributed by atoms with E-state index >= 15 is 0 Å². The highest BCUT2D eigenvalue weighted by molar-refractivity contribution is 6.15. The molecule has 0 N–H and O–H groups in total. The predicted molar refractivity (Wildman–Crippen MR) is 246 cm³/mol. The van der Waals surface area contributed by atoms with Crippen molar-refractivity contribution < 1.29 is 4.42 Å². The summed E-state index contributed by atoms with van der Waals surface area (Å²) in [5, 5.41) is 2.26. The molecule has 10 rings (SSSR count). The molecule has 0 amide bonds. The van der Waals surface area contributed by atoms with Gasteiger partial charge in [-0.25, -0.2) is 0 Å². The van der Waals surface area contributed by atoms with Gasteiger partial charge in [0.1, 0.15) is 11.2 Å². The summed E-state index contributed by atoms with van der Waals surface area (Å²) in [7, 11) is 0. The van der Waals surface area contributed by atoms with E-state index in [4.69, 9.17) is 4.42 Å². The first-order chi connectivity index (χ1) is 27.7. The summed E-state index contributed by atoms with van der Waals surface area (Å²) < 4.78 is 6.67. The fraction of sp³-hybridized carbons (Fsp3) is 0.222. The first-order valence-electron chi connectivity index (χ1n) is 20.6. The first-order valence-corrected chi connectivity index (χ1v) is 20.6. The van der Waals surface area contributed by atoms with Gasteiger partial charge in [-0.05, 0) is 93.6 Å². The normalized spacial score (nSPS) is 13.8. The largest absolute Gasteiger partial charge is 0.455 e. The molecule has 2 aliphatic heterocycles. The quantitative estimate of drug-likeness (QED) is 0.179. The molecular weight excluding hydrogens is 707 g/mol. The smallest absolute Gasteiger partial charge is 0.143 e. The Labute approximate surface area is 343 Å². The van der Waals surface area contributed by atoms with Crippen LogP contribution in [0.1, 0.15) is 79.0 Å². The van der Waals surface area contributed by atoms with E-state index in [9.17, 15) is 0 Å². The van der Waals surface area contributed by atoms with E-state index in [0.29, 0.717) is 0 Å². The van der Waals surface area contributed by atoms with Crippen LogP contribution in [0.4, 0.5) is 51.2 Å². The van der Waals surface area contributed by atoms with Crippen molar-refractivity contribution in [2.75, 3.05) is 14.7 Å². The van der Waals surface area contributed by atoms with Crippen LogP contribution in [0.5, 0.6) is 0 Å². The van der Waals surface area contributed by atoms with E-state index in [1.807, 2.05) is 6.07 Å². The number of hydrogen-bond donors (Lipinski definition) is 0. The second kappa shape index (κ2) is 12.6. The van der Waals surface area contributed by atoms with Crippen molar-refractivity contribution in [2.24, 2.45) is 0 Å². The molecule has 0 saturated heterocycles. The lowest BCUT2D eigenvalue weighted by Gasteiger charge is -2.48. The molecule has 4 nitrogen and oxygen atoms in total. The van der Waals surface area contributed by atoms with Crippen molar-refractivity contribution in [3.8, 4) is 11.1 Å². The average molecular weight is 758 g/mol. The van der Waals surface area contributed by atoms with Gasteiger partial charge in [-0.2, -0.15) is 0 Å². The molecule has 58 heavy (non-hydrogen) atoms. The van der Waals surface area contributed by atoms with Crippen molar-refractivity contribution in [3.63, 3.8) is 0 Å². The Hall–Kier alpha value is -6.26. The lowest BCUT2D eigenvalue weighted by molar-refractivity contribution is 0.590. The van der Waals surface area contributed by atoms with Gasteiger partial charge in [0.15, 0.2) is 0 Å². The molecule has 288 valence electrons. The summed E-state index contributed by atoms with van der Waals surface area (Å²) >= 11 is 0. The van der Waals surface area contributed by atoms with Gasteiger partial charge in [0, 0.05) is 27.6 Å². The Morgan fingerprint density at radius 1 is 0.362 bits per heavy atom. The zero-order valence-electron chi connectivity index (χ0n) is 35.1. The molecular formula is C54H51N3O. The van der Waals surface area contributed by atoms with Gasteiger partial charge in [-0.3, -0.25) is 0 Å². The van der Waals surface area contributed by atoms with Gasteiger partial charge in [0.2, 0.25) is 0 Å². The lowest BCUT2D eigenvalue weighted by atomic mass is 9.84. The number of furan rings is 1. The second-order valence-electron chi connectivity index (χ2n) is 19.2. The SMILES string of the molecule is CC(C)(C)c1ccc(N2c3ccc(C(C)(C)C)cc3N3c4cc(C(C)(C)C)ccc4N(c4ccccc4-c4cccc5c4oc4ccccc45)c4cccc2c43)cc1. The average Bonchev–Trinajstić information content (AvgIpc) is 3.59. The zero-order valence-corrected chi connectivity index (χ0v) is 35.1. The van der Waals surface area contributed by atoms with Gasteiger partial charge in [-0.15, -0.1) is 0 Å². The van der Waals surface area contributed by atoms with Gasteiger partial charge < -0.3 is 19.1 Å². The van der Waals surface area contributed by atoms with E-state index in [-0.39, 0.29) is 16.2 Å². The monoisotopic (exact) mass is 757 g/mol. The highest BCUT2D eigenvalue weighted by Crippen LogP contribution is 2.64. The maximum Gasteiger partial charge on any atom is 0.143 e. The van der Waals surface area contributed by atoms with Gasteiger partial charge in [-0.1, -0.05) is 147 Å². The third-order valence-electron chi connectivity index (χ3n) is 12.2. The Morgan fingerprint density at radius 2 is 0.862 bits per heavy atom. The molecule has 0 unspecified atom stereocenters. The third kappa shape index (κ3) is 5.56. The summed E-state index contributed by atoms with van der Waals surface area (Å²) in [6.07, 6.45) is 0. The van der Waals surface area contributed by atoms with E-state index in [1.54, 1.807) is 0 Å². The molecule has 8 aromatic rings. The molecule has 0 bridgehead atoms. The van der Waals surface area contributed by atoms with Gasteiger partial charge >= 0.3 is 0 Å². The minimum Gasteiger partial charge on any atom is -0.455 e. The van der Waals surface area contributed by atoms with E-state index in [0.717, 1.165) is 67.2 Å². The van der Waals surface area contributed by atoms with Crippen LogP contribution in [0.2, 0.25) is 0 Å². The molecule has 7 aromatic carbocycles. The fourth-order valence-corrected chi connectivity index (χ4v) is 8.96. The van der Waals surface area contributed by atoms with Gasteiger partial charge in [0.25, 0.3) is 0 Å². The second-order valence-corrected chi connectivity index (χ2v) is 19.2. The Bertz CT molecular complexity index is 2910. The van der Waals surface area contributed by atoms with Crippen LogP contribution in [0.15, 0.2) is 150 Å². The van der Waals surface area contributed by atoms with Crippen molar-refractivity contribution in [1.82, 2.24) is 0 Å². The van der Waals surface area contributed by atoms with Crippen LogP contribution in [0.25, 0.3) is 33.1 Å². The van der Waals surface area contributed by atoms with E-state index in [2.05, 4.69) is 217 Å². The summed E-state index contributed by atoms with van der Waals surface area (Å²) in [5.74, 6) is 0. The lowest BCUT2D eigenvalue weighted by Crippen LogP contribution is -2.31. The van der Waals surface area contributed by atoms with Crippen LogP contribution >= 0.6 is 0 Å². The van der Waals surface area contributed by atoms with Gasteiger partial charge in [0.05, 0.1) is 45.5 Å². The van der Waals surface area contributed by atoms with Crippen molar-refractivity contribution in [3.05, 3.63) is 162 Å². The molecule has 0 fully saturated rings. The van der Waals surface area contributed by atoms with Crippen LogP contribution in [-0.2, 0) is 16.2 Å². The molecule has 0 saturated carbocycles. The molecule has 1 aromatic heterocycles. The van der Waals surface area contributed by atoms with Crippen LogP contribution in [0.3, 0.4) is 0 Å².